The number of hydrogen-bond acceptors (Lipinski definition) is 2. The van der Waals surface area contributed by atoms with Crippen molar-refractivity contribution in [2.45, 2.75) is 19.5 Å². The summed E-state index contributed by atoms with van der Waals surface area (Å²) in [5, 5.41) is 0. The van der Waals surface area contributed by atoms with Crippen LogP contribution >= 0.6 is 0 Å². The number of hydrogen-bond donors (Lipinski definition) is 2. The lowest BCUT2D eigenvalue weighted by atomic mass is 10.4. The lowest BCUT2D eigenvalue weighted by Gasteiger charge is -1.96. The molecule has 1 heterocycles. The van der Waals surface area contributed by atoms with Crippen LogP contribution in [-0.2, 0) is 24.9 Å². The standard InChI is InChI=1S/C8H14N4O/c1-11-5-7(4-9)6-12(11)3-2-8(10)13/h5-6H,2-4,9H2,1H3,(H-,10,13)/p+1. The molecule has 13 heavy (non-hydrogen) atoms. The van der Waals surface area contributed by atoms with Crippen LogP contribution in [0, 0.1) is 0 Å². The van der Waals surface area contributed by atoms with Gasteiger partial charge in [-0.15, -0.1) is 4.68 Å². The summed E-state index contributed by atoms with van der Waals surface area (Å²) in [6.07, 6.45) is 4.20. The maximum Gasteiger partial charge on any atom is 0.219 e. The molecule has 5 heteroatoms. The number of rotatable bonds is 4. The molecular weight excluding hydrogens is 168 g/mol. The first-order valence-corrected chi connectivity index (χ1v) is 4.17. The van der Waals surface area contributed by atoms with E-state index in [1.165, 1.54) is 0 Å². The zero-order valence-electron chi connectivity index (χ0n) is 7.73. The van der Waals surface area contributed by atoms with Gasteiger partial charge in [-0.2, -0.15) is 4.68 Å². The van der Waals surface area contributed by atoms with Gasteiger partial charge in [-0.3, -0.25) is 4.79 Å². The van der Waals surface area contributed by atoms with Crippen LogP contribution in [0.15, 0.2) is 12.4 Å². The number of aromatic nitrogens is 2. The van der Waals surface area contributed by atoms with Crippen LogP contribution in [0.2, 0.25) is 0 Å². The van der Waals surface area contributed by atoms with Crippen molar-refractivity contribution < 1.29 is 9.48 Å². The minimum Gasteiger partial charge on any atom is -0.370 e. The minimum absolute atomic E-state index is 0.289. The Hall–Kier alpha value is -1.36. The molecule has 0 radical (unpaired) electrons. The first-order chi connectivity index (χ1) is 6.13. The molecule has 1 aromatic rings. The van der Waals surface area contributed by atoms with E-state index in [-0.39, 0.29) is 5.91 Å². The molecule has 72 valence electrons. The van der Waals surface area contributed by atoms with Gasteiger partial charge in [-0.1, -0.05) is 0 Å². The number of carbonyl (C=O) groups excluding carboxylic acids is 1. The second kappa shape index (κ2) is 4.04. The van der Waals surface area contributed by atoms with E-state index < -0.39 is 0 Å². The molecule has 0 aliphatic rings. The van der Waals surface area contributed by atoms with E-state index in [0.29, 0.717) is 19.5 Å². The SMILES string of the molecule is C[n+]1cc(CN)cn1CCC(N)=O. The van der Waals surface area contributed by atoms with Crippen LogP contribution in [0.3, 0.4) is 0 Å². The Morgan fingerprint density at radius 1 is 1.69 bits per heavy atom. The first kappa shape index (κ1) is 9.73. The number of amides is 1. The molecule has 0 bridgehead atoms. The van der Waals surface area contributed by atoms with Crippen LogP contribution in [0.5, 0.6) is 0 Å². The molecule has 1 aromatic heterocycles. The molecule has 4 N–H and O–H groups in total. The fraction of sp³-hybridized carbons (Fsp3) is 0.500. The summed E-state index contributed by atoms with van der Waals surface area (Å²) in [5.74, 6) is -0.289. The molecule has 5 nitrogen and oxygen atoms in total. The topological polar surface area (TPSA) is 77.9 Å². The monoisotopic (exact) mass is 183 g/mol. The highest BCUT2D eigenvalue weighted by atomic mass is 16.1. The van der Waals surface area contributed by atoms with E-state index >= 15 is 0 Å². The summed E-state index contributed by atoms with van der Waals surface area (Å²) in [7, 11) is 1.90. The van der Waals surface area contributed by atoms with Gasteiger partial charge in [0.1, 0.15) is 0 Å². The summed E-state index contributed by atoms with van der Waals surface area (Å²) in [4.78, 5) is 10.5. The zero-order chi connectivity index (χ0) is 9.84. The van der Waals surface area contributed by atoms with E-state index in [2.05, 4.69) is 0 Å². The van der Waals surface area contributed by atoms with Gasteiger partial charge in [0.15, 0.2) is 13.2 Å². The fourth-order valence-corrected chi connectivity index (χ4v) is 1.18. The first-order valence-electron chi connectivity index (χ1n) is 4.17. The third kappa shape index (κ3) is 2.55. The molecule has 1 amide bonds. The summed E-state index contributed by atoms with van der Waals surface area (Å²) in [6, 6.07) is 0. The van der Waals surface area contributed by atoms with Gasteiger partial charge in [0.25, 0.3) is 0 Å². The lowest BCUT2D eigenvalue weighted by molar-refractivity contribution is -0.753. The largest absolute Gasteiger partial charge is 0.370 e. The van der Waals surface area contributed by atoms with Crippen molar-refractivity contribution in [1.29, 1.82) is 0 Å². The van der Waals surface area contributed by atoms with Crippen LogP contribution in [0.25, 0.3) is 0 Å². The van der Waals surface area contributed by atoms with Gasteiger partial charge in [-0.05, 0) is 0 Å². The van der Waals surface area contributed by atoms with Crippen molar-refractivity contribution in [3.63, 3.8) is 0 Å². The molecular formula is C8H15N4O+. The highest BCUT2D eigenvalue weighted by Crippen LogP contribution is 1.94. The van der Waals surface area contributed by atoms with Gasteiger partial charge in [-0.25, -0.2) is 0 Å². The Labute approximate surface area is 76.9 Å². The van der Waals surface area contributed by atoms with Crippen molar-refractivity contribution in [3.05, 3.63) is 18.0 Å². The van der Waals surface area contributed by atoms with E-state index in [4.69, 9.17) is 11.5 Å². The van der Waals surface area contributed by atoms with Crippen molar-refractivity contribution in [2.75, 3.05) is 0 Å². The van der Waals surface area contributed by atoms with Crippen molar-refractivity contribution in [3.8, 4) is 0 Å². The van der Waals surface area contributed by atoms with Gasteiger partial charge >= 0.3 is 0 Å². The Bertz CT molecular complexity index is 305. The van der Waals surface area contributed by atoms with Gasteiger partial charge in [0.05, 0.1) is 18.3 Å². The number of primary amides is 1. The second-order valence-corrected chi connectivity index (χ2v) is 2.99. The van der Waals surface area contributed by atoms with Crippen molar-refractivity contribution in [1.82, 2.24) is 4.68 Å². The predicted molar refractivity (Wildman–Crippen MR) is 47.3 cm³/mol. The predicted octanol–water partition coefficient (Wildman–Crippen LogP) is -1.35. The molecule has 0 saturated carbocycles. The zero-order valence-corrected chi connectivity index (χ0v) is 7.73. The van der Waals surface area contributed by atoms with E-state index in [0.717, 1.165) is 5.56 Å². The Morgan fingerprint density at radius 2 is 2.38 bits per heavy atom. The molecule has 0 saturated heterocycles. The molecule has 0 aliphatic carbocycles. The van der Waals surface area contributed by atoms with Gasteiger partial charge in [0.2, 0.25) is 5.91 Å². The van der Waals surface area contributed by atoms with Crippen molar-refractivity contribution in [2.24, 2.45) is 18.5 Å². The average Bonchev–Trinajstić information content (AvgIpc) is 2.43. The Kier molecular flexibility index (Phi) is 3.02. The highest BCUT2D eigenvalue weighted by Gasteiger charge is 2.08. The molecule has 1 rings (SSSR count). The quantitative estimate of drug-likeness (QED) is 0.566. The van der Waals surface area contributed by atoms with Crippen LogP contribution < -0.4 is 16.1 Å². The lowest BCUT2D eigenvalue weighted by Crippen LogP contribution is -2.38. The smallest absolute Gasteiger partial charge is 0.219 e. The number of aryl methyl sites for hydroxylation is 2. The number of carbonyl (C=O) groups is 1. The third-order valence-electron chi connectivity index (χ3n) is 1.90. The summed E-state index contributed by atoms with van der Waals surface area (Å²) < 4.78 is 3.80. The Morgan fingerprint density at radius 3 is 2.85 bits per heavy atom. The van der Waals surface area contributed by atoms with Crippen molar-refractivity contribution >= 4 is 5.91 Å². The minimum atomic E-state index is -0.289. The number of nitrogens with two attached hydrogens (primary N) is 2. The summed E-state index contributed by atoms with van der Waals surface area (Å²) >= 11 is 0. The molecule has 0 fully saturated rings. The van der Waals surface area contributed by atoms with Gasteiger partial charge < -0.3 is 11.5 Å². The van der Waals surface area contributed by atoms with E-state index in [9.17, 15) is 4.79 Å². The highest BCUT2D eigenvalue weighted by molar-refractivity contribution is 5.73. The maximum atomic E-state index is 10.5. The van der Waals surface area contributed by atoms with Crippen LogP contribution in [-0.4, -0.2) is 10.6 Å². The Balaban J connectivity index is 2.65. The third-order valence-corrected chi connectivity index (χ3v) is 1.90. The van der Waals surface area contributed by atoms with Crippen LogP contribution in [0.4, 0.5) is 0 Å². The molecule has 0 spiro atoms. The van der Waals surface area contributed by atoms with Gasteiger partial charge in [0, 0.05) is 13.0 Å². The molecule has 0 unspecified atom stereocenters. The average molecular weight is 183 g/mol. The molecule has 0 aromatic carbocycles. The fourth-order valence-electron chi connectivity index (χ4n) is 1.18. The number of nitrogens with zero attached hydrogens (tertiary/aromatic N) is 2. The molecule has 0 atom stereocenters. The normalized spacial score (nSPS) is 10.3. The van der Waals surface area contributed by atoms with Crippen LogP contribution in [0.1, 0.15) is 12.0 Å². The maximum absolute atomic E-state index is 10.5. The summed E-state index contributed by atoms with van der Waals surface area (Å²) in [6.45, 7) is 1.11. The summed E-state index contributed by atoms with van der Waals surface area (Å²) in [5.41, 5.74) is 11.6. The van der Waals surface area contributed by atoms with E-state index in [1.807, 2.05) is 28.8 Å². The van der Waals surface area contributed by atoms with E-state index in [1.54, 1.807) is 0 Å². The second-order valence-electron chi connectivity index (χ2n) is 2.99. The molecule has 0 aliphatic heterocycles.